The number of carboxylic acids is 1. The number of aryl methyl sites for hydroxylation is 4. The lowest BCUT2D eigenvalue weighted by Crippen LogP contribution is -1.97. The Bertz CT molecular complexity index is 967. The molecule has 0 saturated heterocycles. The summed E-state index contributed by atoms with van der Waals surface area (Å²) < 4.78 is 0. The van der Waals surface area contributed by atoms with Crippen LogP contribution < -0.4 is 0 Å². The topological polar surface area (TPSA) is 126 Å². The third-order valence-corrected chi connectivity index (χ3v) is 4.52. The molecule has 0 aliphatic carbocycles. The Hall–Kier alpha value is -3.71. The Morgan fingerprint density at radius 3 is 1.67 bits per heavy atom. The molecule has 4 aromatic rings. The quantitative estimate of drug-likeness (QED) is 0.435. The Balaban J connectivity index is 0.000000211. The molecule has 7 heteroatoms. The molecule has 2 aromatic heterocycles. The molecule has 5 N–H and O–H groups in total. The first-order chi connectivity index (χ1) is 14.2. The highest BCUT2D eigenvalue weighted by molar-refractivity contribution is 5.87. The van der Waals surface area contributed by atoms with Gasteiger partial charge in [-0.05, 0) is 48.9 Å². The lowest BCUT2D eigenvalue weighted by atomic mass is 10.1. The third-order valence-electron chi connectivity index (χ3n) is 4.52. The molecule has 0 aliphatic heterocycles. The number of H-pyrrole nitrogens is 2. The normalized spacial score (nSPS) is 9.87. The summed E-state index contributed by atoms with van der Waals surface area (Å²) in [7, 11) is 0. The average molecular weight is 406 g/mol. The van der Waals surface area contributed by atoms with Crippen LogP contribution in [-0.4, -0.2) is 36.5 Å². The van der Waals surface area contributed by atoms with E-state index in [0.29, 0.717) is 5.56 Å². The van der Waals surface area contributed by atoms with E-state index in [1.54, 1.807) is 31.0 Å². The molecule has 0 amide bonds. The lowest BCUT2D eigenvalue weighted by Gasteiger charge is -2.00. The van der Waals surface area contributed by atoms with Gasteiger partial charge in [-0.25, -0.2) is 14.8 Å². The zero-order valence-electron chi connectivity index (χ0n) is 16.6. The molecule has 0 atom stereocenters. The van der Waals surface area contributed by atoms with Crippen molar-refractivity contribution in [3.8, 4) is 0 Å². The second-order valence-corrected chi connectivity index (χ2v) is 6.64. The second kappa shape index (κ2) is 12.0. The molecule has 7 nitrogen and oxygen atoms in total. The van der Waals surface area contributed by atoms with Crippen LogP contribution in [0.1, 0.15) is 32.9 Å². The van der Waals surface area contributed by atoms with Gasteiger partial charge in [0.1, 0.15) is 0 Å². The zero-order valence-corrected chi connectivity index (χ0v) is 16.6. The zero-order chi connectivity index (χ0) is 20.3. The summed E-state index contributed by atoms with van der Waals surface area (Å²) in [5, 5.41) is 8.74. The largest absolute Gasteiger partial charge is 0.478 e. The van der Waals surface area contributed by atoms with Crippen LogP contribution >= 0.6 is 0 Å². The molecule has 2 aromatic carbocycles. The summed E-state index contributed by atoms with van der Waals surface area (Å²) in [5.74, 6) is -0.889. The summed E-state index contributed by atoms with van der Waals surface area (Å²) in [6.45, 7) is 0. The van der Waals surface area contributed by atoms with Crippen molar-refractivity contribution in [2.75, 3.05) is 0 Å². The monoisotopic (exact) mass is 406 g/mol. The van der Waals surface area contributed by atoms with Crippen LogP contribution in [0.2, 0.25) is 0 Å². The fourth-order valence-electron chi connectivity index (χ4n) is 2.86. The van der Waals surface area contributed by atoms with Gasteiger partial charge in [-0.1, -0.05) is 42.5 Å². The molecule has 4 rings (SSSR count). The first-order valence-corrected chi connectivity index (χ1v) is 9.51. The molecule has 0 fully saturated rings. The number of nitrogens with zero attached hydrogens (tertiary/aromatic N) is 2. The van der Waals surface area contributed by atoms with E-state index in [2.05, 4.69) is 44.2 Å². The predicted molar refractivity (Wildman–Crippen MR) is 115 cm³/mol. The van der Waals surface area contributed by atoms with Gasteiger partial charge in [0.05, 0.1) is 18.2 Å². The first kappa shape index (κ1) is 22.6. The van der Waals surface area contributed by atoms with Crippen molar-refractivity contribution < 1.29 is 15.4 Å². The highest BCUT2D eigenvalue weighted by Gasteiger charge is 2.02. The molecular weight excluding hydrogens is 380 g/mol. The van der Waals surface area contributed by atoms with E-state index in [-0.39, 0.29) is 5.48 Å². The van der Waals surface area contributed by atoms with E-state index in [1.807, 2.05) is 24.4 Å². The van der Waals surface area contributed by atoms with Gasteiger partial charge in [0.2, 0.25) is 0 Å². The molecule has 0 aliphatic rings. The van der Waals surface area contributed by atoms with Gasteiger partial charge in [-0.3, -0.25) is 0 Å². The number of imidazole rings is 2. The SMILES string of the molecule is O.O=C(O)c1ccc(CCc2cnc[nH]2)cc1.c1ccc(CCc2cnc[nH]2)cc1. The van der Waals surface area contributed by atoms with Crippen LogP contribution in [0.3, 0.4) is 0 Å². The van der Waals surface area contributed by atoms with E-state index in [1.165, 1.54) is 11.3 Å². The van der Waals surface area contributed by atoms with Gasteiger partial charge >= 0.3 is 5.97 Å². The number of nitrogens with one attached hydrogen (secondary N) is 2. The minimum atomic E-state index is -0.889. The van der Waals surface area contributed by atoms with E-state index >= 15 is 0 Å². The van der Waals surface area contributed by atoms with Crippen LogP contribution in [-0.2, 0) is 25.7 Å². The number of hydrogen-bond donors (Lipinski definition) is 3. The Labute approximate surface area is 175 Å². The number of aromatic nitrogens is 4. The smallest absolute Gasteiger partial charge is 0.335 e. The van der Waals surface area contributed by atoms with Crippen LogP contribution in [0.4, 0.5) is 0 Å². The van der Waals surface area contributed by atoms with Gasteiger partial charge in [-0.2, -0.15) is 0 Å². The van der Waals surface area contributed by atoms with Crippen molar-refractivity contribution in [2.24, 2.45) is 0 Å². The van der Waals surface area contributed by atoms with Crippen molar-refractivity contribution in [1.82, 2.24) is 19.9 Å². The van der Waals surface area contributed by atoms with Crippen LogP contribution in [0, 0.1) is 0 Å². The second-order valence-electron chi connectivity index (χ2n) is 6.64. The Morgan fingerprint density at radius 1 is 0.733 bits per heavy atom. The van der Waals surface area contributed by atoms with Crippen LogP contribution in [0.25, 0.3) is 0 Å². The van der Waals surface area contributed by atoms with Gasteiger partial charge in [-0.15, -0.1) is 0 Å². The number of aromatic carboxylic acids is 1. The maximum absolute atomic E-state index is 10.6. The minimum absolute atomic E-state index is 0. The van der Waals surface area contributed by atoms with E-state index in [4.69, 9.17) is 5.11 Å². The van der Waals surface area contributed by atoms with Crippen molar-refractivity contribution >= 4 is 5.97 Å². The Kier molecular flexibility index (Phi) is 9.02. The predicted octanol–water partition coefficient (Wildman–Crippen LogP) is 3.26. The van der Waals surface area contributed by atoms with Crippen molar-refractivity contribution in [2.45, 2.75) is 25.7 Å². The van der Waals surface area contributed by atoms with E-state index in [9.17, 15) is 4.79 Å². The lowest BCUT2D eigenvalue weighted by molar-refractivity contribution is 0.0697. The van der Waals surface area contributed by atoms with Gasteiger partial charge in [0.15, 0.2) is 0 Å². The minimum Gasteiger partial charge on any atom is -0.478 e. The molecule has 2 heterocycles. The maximum Gasteiger partial charge on any atom is 0.335 e. The van der Waals surface area contributed by atoms with E-state index < -0.39 is 5.97 Å². The van der Waals surface area contributed by atoms with Crippen molar-refractivity contribution in [3.63, 3.8) is 0 Å². The fraction of sp³-hybridized carbons (Fsp3) is 0.174. The number of aromatic amines is 2. The molecule has 0 radical (unpaired) electrons. The maximum atomic E-state index is 10.6. The summed E-state index contributed by atoms with van der Waals surface area (Å²) in [4.78, 5) is 24.7. The summed E-state index contributed by atoms with van der Waals surface area (Å²) in [5.41, 5.74) is 5.10. The average Bonchev–Trinajstić information content (AvgIpc) is 3.46. The Morgan fingerprint density at radius 2 is 1.23 bits per heavy atom. The molecule has 30 heavy (non-hydrogen) atoms. The van der Waals surface area contributed by atoms with E-state index in [0.717, 1.165) is 36.9 Å². The molecule has 0 spiro atoms. The first-order valence-electron chi connectivity index (χ1n) is 9.51. The van der Waals surface area contributed by atoms with Gasteiger partial charge in [0, 0.05) is 23.8 Å². The molecule has 156 valence electrons. The number of carboxylic acid groups (broad SMARTS) is 1. The number of rotatable bonds is 7. The van der Waals surface area contributed by atoms with Crippen LogP contribution in [0.15, 0.2) is 79.6 Å². The number of carbonyl (C=O) groups is 1. The highest BCUT2D eigenvalue weighted by Crippen LogP contribution is 2.08. The molecule has 0 bridgehead atoms. The van der Waals surface area contributed by atoms with Gasteiger partial charge in [0.25, 0.3) is 0 Å². The standard InChI is InChI=1S/C12H12N2O2.C11H12N2.H2O/c15-12(16)10-4-1-9(2-5-10)3-6-11-7-13-8-14-11;1-2-4-10(5-3-1)6-7-11-8-12-9-13-11;/h1-2,4-5,7-8H,3,6H2,(H,13,14)(H,15,16);1-5,8-9H,6-7H2,(H,12,13);1H2. The van der Waals surface area contributed by atoms with Crippen LogP contribution in [0.5, 0.6) is 0 Å². The van der Waals surface area contributed by atoms with Gasteiger partial charge < -0.3 is 20.6 Å². The molecule has 0 saturated carbocycles. The fourth-order valence-corrected chi connectivity index (χ4v) is 2.86. The molecule has 0 unspecified atom stereocenters. The number of hydrogen-bond acceptors (Lipinski definition) is 3. The van der Waals surface area contributed by atoms with Crippen molar-refractivity contribution in [1.29, 1.82) is 0 Å². The molecular formula is C23H26N4O3. The number of benzene rings is 2. The summed E-state index contributed by atoms with van der Waals surface area (Å²) in [6.07, 6.45) is 10.9. The third kappa shape index (κ3) is 7.37. The summed E-state index contributed by atoms with van der Waals surface area (Å²) in [6, 6.07) is 17.4. The highest BCUT2D eigenvalue weighted by atomic mass is 16.4. The summed E-state index contributed by atoms with van der Waals surface area (Å²) >= 11 is 0. The van der Waals surface area contributed by atoms with Crippen molar-refractivity contribution in [3.05, 3.63) is 108 Å².